The lowest BCUT2D eigenvalue weighted by Gasteiger charge is -2.14. The Morgan fingerprint density at radius 1 is 0.912 bits per heavy atom. The molecular weight excluding hydrogens is 430 g/mol. The molecular formula is C27H25N3O4. The van der Waals surface area contributed by atoms with Gasteiger partial charge in [-0.05, 0) is 30.3 Å². The van der Waals surface area contributed by atoms with Gasteiger partial charge in [-0.1, -0.05) is 48.5 Å². The van der Waals surface area contributed by atoms with Gasteiger partial charge in [-0.15, -0.1) is 0 Å². The Kier molecular flexibility index (Phi) is 6.93. The van der Waals surface area contributed by atoms with Gasteiger partial charge in [0.25, 0.3) is 11.8 Å². The third-order valence-electron chi connectivity index (χ3n) is 5.37. The van der Waals surface area contributed by atoms with Crippen molar-refractivity contribution in [1.29, 1.82) is 0 Å². The number of para-hydroxylation sites is 2. The van der Waals surface area contributed by atoms with Crippen LogP contribution in [0.2, 0.25) is 0 Å². The number of rotatable bonds is 8. The second-order valence-corrected chi connectivity index (χ2v) is 7.50. The van der Waals surface area contributed by atoms with E-state index in [1.54, 1.807) is 56.8 Å². The Morgan fingerprint density at radius 3 is 2.44 bits per heavy atom. The molecule has 0 radical (unpaired) electrons. The maximum absolute atomic E-state index is 13.2. The lowest BCUT2D eigenvalue weighted by atomic mass is 10.1. The van der Waals surface area contributed by atoms with Gasteiger partial charge >= 0.3 is 0 Å². The van der Waals surface area contributed by atoms with Gasteiger partial charge in [0.2, 0.25) is 0 Å². The first kappa shape index (κ1) is 22.7. The lowest BCUT2D eigenvalue weighted by molar-refractivity contribution is -0.117. The number of benzene rings is 3. The SMILES string of the molecule is COc1cccc(CNC(=O)C(=Cc2c[nH]c3ccccc23)NC(=O)c2ccccc2)c1OC. The average Bonchev–Trinajstić information content (AvgIpc) is 3.29. The summed E-state index contributed by atoms with van der Waals surface area (Å²) in [6.07, 6.45) is 3.47. The Balaban J connectivity index is 1.62. The Hall–Kier alpha value is -4.52. The van der Waals surface area contributed by atoms with Crippen molar-refractivity contribution < 1.29 is 19.1 Å². The third-order valence-corrected chi connectivity index (χ3v) is 5.37. The molecule has 0 fully saturated rings. The average molecular weight is 456 g/mol. The number of hydrogen-bond donors (Lipinski definition) is 3. The predicted molar refractivity (Wildman–Crippen MR) is 132 cm³/mol. The molecule has 0 atom stereocenters. The number of aromatic amines is 1. The van der Waals surface area contributed by atoms with Crippen molar-refractivity contribution in [2.24, 2.45) is 0 Å². The molecule has 0 saturated heterocycles. The summed E-state index contributed by atoms with van der Waals surface area (Å²) in [6.45, 7) is 0.186. The van der Waals surface area contributed by atoms with Crippen LogP contribution >= 0.6 is 0 Å². The van der Waals surface area contributed by atoms with Gasteiger partial charge in [-0.2, -0.15) is 0 Å². The third kappa shape index (κ3) is 4.94. The second-order valence-electron chi connectivity index (χ2n) is 7.50. The normalized spacial score (nSPS) is 11.2. The summed E-state index contributed by atoms with van der Waals surface area (Å²) >= 11 is 0. The summed E-state index contributed by atoms with van der Waals surface area (Å²) < 4.78 is 10.8. The van der Waals surface area contributed by atoms with Crippen LogP contribution < -0.4 is 20.1 Å². The van der Waals surface area contributed by atoms with Gasteiger partial charge < -0.3 is 25.1 Å². The highest BCUT2D eigenvalue weighted by Gasteiger charge is 2.17. The molecule has 4 aromatic rings. The van der Waals surface area contributed by atoms with E-state index in [2.05, 4.69) is 15.6 Å². The molecule has 7 heteroatoms. The zero-order valence-corrected chi connectivity index (χ0v) is 18.9. The summed E-state index contributed by atoms with van der Waals surface area (Å²) in [6, 6.07) is 22.0. The highest BCUT2D eigenvalue weighted by Crippen LogP contribution is 2.30. The van der Waals surface area contributed by atoms with E-state index < -0.39 is 5.91 Å². The maximum Gasteiger partial charge on any atom is 0.268 e. The molecule has 0 bridgehead atoms. The molecule has 0 spiro atoms. The molecule has 0 aliphatic heterocycles. The minimum atomic E-state index is -0.431. The van der Waals surface area contributed by atoms with Gasteiger partial charge in [0.1, 0.15) is 5.70 Å². The van der Waals surface area contributed by atoms with Crippen molar-refractivity contribution in [2.75, 3.05) is 14.2 Å². The predicted octanol–water partition coefficient (Wildman–Crippen LogP) is 4.27. The van der Waals surface area contributed by atoms with E-state index in [-0.39, 0.29) is 18.1 Å². The summed E-state index contributed by atoms with van der Waals surface area (Å²) in [7, 11) is 3.10. The molecule has 1 aromatic heterocycles. The standard InChI is InChI=1S/C27H25N3O4/c1-33-24-14-8-11-19(25(24)34-2)16-29-27(32)23(30-26(31)18-9-4-3-5-10-18)15-20-17-28-22-13-7-6-12-21(20)22/h3-15,17,28H,16H2,1-2H3,(H,29,32)(H,30,31). The number of aromatic nitrogens is 1. The van der Waals surface area contributed by atoms with Crippen LogP contribution in [0.3, 0.4) is 0 Å². The minimum absolute atomic E-state index is 0.125. The summed E-state index contributed by atoms with van der Waals surface area (Å²) in [5.74, 6) is 0.308. The summed E-state index contributed by atoms with van der Waals surface area (Å²) in [5.41, 5.74) is 3.04. The van der Waals surface area contributed by atoms with Crippen LogP contribution in [-0.2, 0) is 11.3 Å². The van der Waals surface area contributed by atoms with Crippen LogP contribution in [0.25, 0.3) is 17.0 Å². The Morgan fingerprint density at radius 2 is 1.68 bits per heavy atom. The van der Waals surface area contributed by atoms with Crippen molar-refractivity contribution in [1.82, 2.24) is 15.6 Å². The number of nitrogens with one attached hydrogen (secondary N) is 3. The van der Waals surface area contributed by atoms with Gasteiger partial charge in [-0.3, -0.25) is 9.59 Å². The maximum atomic E-state index is 13.2. The first-order valence-electron chi connectivity index (χ1n) is 10.7. The smallest absolute Gasteiger partial charge is 0.268 e. The molecule has 34 heavy (non-hydrogen) atoms. The van der Waals surface area contributed by atoms with Crippen LogP contribution in [0.1, 0.15) is 21.5 Å². The first-order chi connectivity index (χ1) is 16.6. The minimum Gasteiger partial charge on any atom is -0.493 e. The molecule has 3 aromatic carbocycles. The van der Waals surface area contributed by atoms with Gasteiger partial charge in [0.15, 0.2) is 11.5 Å². The molecule has 1 heterocycles. The number of ether oxygens (including phenoxy) is 2. The van der Waals surface area contributed by atoms with E-state index in [0.717, 1.165) is 22.0 Å². The van der Waals surface area contributed by atoms with Crippen molar-refractivity contribution in [3.63, 3.8) is 0 Å². The number of carbonyl (C=O) groups excluding carboxylic acids is 2. The monoisotopic (exact) mass is 455 g/mol. The molecule has 3 N–H and O–H groups in total. The molecule has 0 aliphatic rings. The largest absolute Gasteiger partial charge is 0.493 e. The van der Waals surface area contributed by atoms with Crippen LogP contribution in [0, 0.1) is 0 Å². The van der Waals surface area contributed by atoms with E-state index in [0.29, 0.717) is 17.1 Å². The number of H-pyrrole nitrogens is 1. The van der Waals surface area contributed by atoms with Crippen LogP contribution in [0.4, 0.5) is 0 Å². The van der Waals surface area contributed by atoms with E-state index in [1.807, 2.05) is 42.5 Å². The van der Waals surface area contributed by atoms with Crippen LogP contribution in [0.15, 0.2) is 84.7 Å². The molecule has 4 rings (SSSR count). The topological polar surface area (TPSA) is 92.5 Å². The fraction of sp³-hybridized carbons (Fsp3) is 0.111. The van der Waals surface area contributed by atoms with Gasteiger partial charge in [0, 0.05) is 40.3 Å². The zero-order chi connectivity index (χ0) is 23.9. The van der Waals surface area contributed by atoms with Crippen molar-refractivity contribution in [2.45, 2.75) is 6.54 Å². The molecule has 0 aliphatic carbocycles. The van der Waals surface area contributed by atoms with Crippen molar-refractivity contribution >= 4 is 28.8 Å². The fourth-order valence-corrected chi connectivity index (χ4v) is 3.67. The molecule has 172 valence electrons. The second kappa shape index (κ2) is 10.4. The van der Waals surface area contributed by atoms with E-state index in [9.17, 15) is 9.59 Å². The highest BCUT2D eigenvalue weighted by atomic mass is 16.5. The molecule has 0 unspecified atom stereocenters. The van der Waals surface area contributed by atoms with Crippen LogP contribution in [0.5, 0.6) is 11.5 Å². The number of methoxy groups -OCH3 is 2. The molecule has 7 nitrogen and oxygen atoms in total. The van der Waals surface area contributed by atoms with E-state index in [1.165, 1.54) is 0 Å². The number of amides is 2. The first-order valence-corrected chi connectivity index (χ1v) is 10.7. The Labute approximate surface area is 197 Å². The van der Waals surface area contributed by atoms with E-state index in [4.69, 9.17) is 9.47 Å². The lowest BCUT2D eigenvalue weighted by Crippen LogP contribution is -2.34. The number of hydrogen-bond acceptors (Lipinski definition) is 4. The van der Waals surface area contributed by atoms with Crippen molar-refractivity contribution in [3.8, 4) is 11.5 Å². The van der Waals surface area contributed by atoms with Gasteiger partial charge in [-0.25, -0.2) is 0 Å². The van der Waals surface area contributed by atoms with Crippen LogP contribution in [-0.4, -0.2) is 31.0 Å². The number of carbonyl (C=O) groups is 2. The summed E-state index contributed by atoms with van der Waals surface area (Å²) in [5, 5.41) is 6.58. The molecule has 2 amide bonds. The quantitative estimate of drug-likeness (QED) is 0.346. The number of fused-ring (bicyclic) bond motifs is 1. The van der Waals surface area contributed by atoms with E-state index >= 15 is 0 Å². The Bertz CT molecular complexity index is 1340. The fourth-order valence-electron chi connectivity index (χ4n) is 3.67. The molecule has 0 saturated carbocycles. The zero-order valence-electron chi connectivity index (χ0n) is 18.9. The van der Waals surface area contributed by atoms with Gasteiger partial charge in [0.05, 0.1) is 14.2 Å². The highest BCUT2D eigenvalue weighted by molar-refractivity contribution is 6.06. The summed E-state index contributed by atoms with van der Waals surface area (Å²) in [4.78, 5) is 29.2. The van der Waals surface area contributed by atoms with Crippen molar-refractivity contribution in [3.05, 3.63) is 101 Å².